The second-order valence-electron chi connectivity index (χ2n) is 10.6. The molecule has 0 aliphatic heterocycles. The minimum atomic E-state index is -1.58. The van der Waals surface area contributed by atoms with Gasteiger partial charge in [-0.25, -0.2) is 0 Å². The average molecular weight is 361 g/mol. The van der Waals surface area contributed by atoms with Crippen molar-refractivity contribution in [1.82, 2.24) is 0 Å². The summed E-state index contributed by atoms with van der Waals surface area (Å²) in [7, 11) is -1.58. The Hall–Kier alpha value is -0.593. The van der Waals surface area contributed by atoms with Crippen LogP contribution in [0.3, 0.4) is 0 Å². The number of Topliss-reactive ketones (excluding diaryl/α,β-unsaturated/α-hetero) is 1. The molecule has 140 valence electrons. The highest BCUT2D eigenvalue weighted by Crippen LogP contribution is 2.68. The van der Waals surface area contributed by atoms with Gasteiger partial charge in [0, 0.05) is 18.8 Å². The zero-order chi connectivity index (χ0) is 18.5. The molecule has 0 saturated heterocycles. The van der Waals surface area contributed by atoms with Crippen molar-refractivity contribution in [2.24, 2.45) is 22.7 Å². The van der Waals surface area contributed by atoms with E-state index in [4.69, 9.17) is 4.43 Å². The highest BCUT2D eigenvalue weighted by atomic mass is 28.4. The summed E-state index contributed by atoms with van der Waals surface area (Å²) >= 11 is 0. The van der Waals surface area contributed by atoms with Crippen molar-refractivity contribution in [3.63, 3.8) is 0 Å². The molecule has 3 rings (SSSR count). The van der Waals surface area contributed by atoms with Gasteiger partial charge >= 0.3 is 0 Å². The van der Waals surface area contributed by atoms with Crippen LogP contribution in [-0.4, -0.2) is 19.7 Å². The van der Waals surface area contributed by atoms with Crippen molar-refractivity contribution < 1.29 is 9.22 Å². The lowest BCUT2D eigenvalue weighted by Crippen LogP contribution is -2.40. The quantitative estimate of drug-likeness (QED) is 0.483. The molecule has 3 aliphatic rings. The van der Waals surface area contributed by atoms with Crippen molar-refractivity contribution in [2.45, 2.75) is 97.4 Å². The fourth-order valence-corrected chi connectivity index (χ4v) is 7.55. The van der Waals surface area contributed by atoms with Gasteiger partial charge in [-0.1, -0.05) is 18.8 Å². The first-order valence-electron chi connectivity index (χ1n) is 10.2. The summed E-state index contributed by atoms with van der Waals surface area (Å²) in [5.41, 5.74) is 0.296. The number of carbonyl (C=O) groups is 1. The Morgan fingerprint density at radius 3 is 2.48 bits per heavy atom. The lowest BCUT2D eigenvalue weighted by molar-refractivity contribution is -0.130. The predicted octanol–water partition coefficient (Wildman–Crippen LogP) is 5.58. The lowest BCUT2D eigenvalue weighted by atomic mass is 9.60. The van der Waals surface area contributed by atoms with Crippen LogP contribution in [0.15, 0.2) is 0 Å². The van der Waals surface area contributed by atoms with Gasteiger partial charge in [0.25, 0.3) is 0 Å². The lowest BCUT2D eigenvalue weighted by Gasteiger charge is -2.43. The molecule has 2 nitrogen and oxygen atoms in total. The number of fused-ring (bicyclic) bond motifs is 1. The normalized spacial score (nSPS) is 34.2. The van der Waals surface area contributed by atoms with E-state index < -0.39 is 8.32 Å². The molecule has 3 fully saturated rings. The molecule has 3 saturated carbocycles. The van der Waals surface area contributed by atoms with Gasteiger partial charge in [0.1, 0.15) is 11.4 Å². The SMILES string of the molecule is CC(C)(C#CCC1([C@H]2CC[C@H]3C(=O)CCC[C@@]23C)CC1)O[Si](C)(C)C. The van der Waals surface area contributed by atoms with Gasteiger partial charge < -0.3 is 4.43 Å². The van der Waals surface area contributed by atoms with E-state index in [0.29, 0.717) is 23.0 Å². The van der Waals surface area contributed by atoms with Crippen molar-refractivity contribution in [2.75, 3.05) is 0 Å². The topological polar surface area (TPSA) is 26.3 Å². The zero-order valence-corrected chi connectivity index (χ0v) is 18.1. The van der Waals surface area contributed by atoms with E-state index in [1.165, 1.54) is 25.7 Å². The molecule has 0 N–H and O–H groups in total. The van der Waals surface area contributed by atoms with Crippen molar-refractivity contribution >= 4 is 14.1 Å². The molecule has 0 aromatic rings. The van der Waals surface area contributed by atoms with Crippen LogP contribution < -0.4 is 0 Å². The number of ketones is 1. The first-order chi connectivity index (χ1) is 11.5. The summed E-state index contributed by atoms with van der Waals surface area (Å²) in [6.45, 7) is 13.3. The monoisotopic (exact) mass is 360 g/mol. The average Bonchev–Trinajstić information content (AvgIpc) is 3.11. The molecule has 0 heterocycles. The molecule has 0 bridgehead atoms. The number of rotatable bonds is 4. The van der Waals surface area contributed by atoms with Crippen molar-refractivity contribution in [3.05, 3.63) is 0 Å². The summed E-state index contributed by atoms with van der Waals surface area (Å²) in [6.07, 6.45) is 9.13. The summed E-state index contributed by atoms with van der Waals surface area (Å²) in [5, 5.41) is 0. The molecule has 0 aromatic carbocycles. The maximum atomic E-state index is 12.4. The first kappa shape index (κ1) is 19.2. The third-order valence-corrected chi connectivity index (χ3v) is 8.01. The number of hydrogen-bond donors (Lipinski definition) is 0. The van der Waals surface area contributed by atoms with Gasteiger partial charge in [-0.3, -0.25) is 4.79 Å². The molecule has 3 aliphatic carbocycles. The molecule has 0 amide bonds. The summed E-state index contributed by atoms with van der Waals surface area (Å²) in [5.74, 6) is 8.52. The maximum Gasteiger partial charge on any atom is 0.185 e. The number of carbonyl (C=O) groups excluding carboxylic acids is 1. The van der Waals surface area contributed by atoms with Gasteiger partial charge in [0.05, 0.1) is 0 Å². The molecular formula is C22H36O2Si. The Balaban J connectivity index is 1.70. The standard InChI is InChI=1S/C22H36O2Si/c1-20(2,24-25(4,5)6)12-8-14-22(15-16-22)19-11-10-17-18(23)9-7-13-21(17,19)3/h17,19H,7,9-11,13-16H2,1-6H3/t17-,19-,21+/m0/s1. The van der Waals surface area contributed by atoms with Crippen molar-refractivity contribution in [1.29, 1.82) is 0 Å². The molecule has 0 unspecified atom stereocenters. The maximum absolute atomic E-state index is 12.4. The van der Waals surface area contributed by atoms with Crippen LogP contribution in [-0.2, 0) is 9.22 Å². The third-order valence-electron chi connectivity index (χ3n) is 6.89. The minimum Gasteiger partial charge on any atom is -0.402 e. The Morgan fingerprint density at radius 1 is 1.20 bits per heavy atom. The van der Waals surface area contributed by atoms with Gasteiger partial charge in [-0.2, -0.15) is 0 Å². The molecule has 0 radical (unpaired) electrons. The van der Waals surface area contributed by atoms with Crippen LogP contribution in [0.5, 0.6) is 0 Å². The molecular weight excluding hydrogens is 324 g/mol. The Kier molecular flexibility index (Phi) is 4.78. The van der Waals surface area contributed by atoms with E-state index in [2.05, 4.69) is 52.3 Å². The van der Waals surface area contributed by atoms with Crippen LogP contribution in [0.2, 0.25) is 19.6 Å². The van der Waals surface area contributed by atoms with Crippen LogP contribution in [0.25, 0.3) is 0 Å². The molecule has 3 heteroatoms. The van der Waals surface area contributed by atoms with E-state index in [-0.39, 0.29) is 11.0 Å². The second kappa shape index (κ2) is 6.24. The van der Waals surface area contributed by atoms with Gasteiger partial charge in [0.15, 0.2) is 8.32 Å². The largest absolute Gasteiger partial charge is 0.402 e. The Labute approximate surface area is 155 Å². The Bertz CT molecular complexity index is 600. The van der Waals surface area contributed by atoms with Gasteiger partial charge in [0.2, 0.25) is 0 Å². The molecule has 25 heavy (non-hydrogen) atoms. The van der Waals surface area contributed by atoms with E-state index in [1.54, 1.807) is 0 Å². The highest BCUT2D eigenvalue weighted by Gasteiger charge is 2.61. The summed E-state index contributed by atoms with van der Waals surface area (Å²) in [4.78, 5) is 12.4. The minimum absolute atomic E-state index is 0.248. The van der Waals surface area contributed by atoms with Crippen LogP contribution >= 0.6 is 0 Å². The third kappa shape index (κ3) is 3.91. The van der Waals surface area contributed by atoms with E-state index in [9.17, 15) is 4.79 Å². The van der Waals surface area contributed by atoms with Gasteiger partial charge in [-0.15, -0.1) is 0 Å². The van der Waals surface area contributed by atoms with Crippen LogP contribution in [0, 0.1) is 34.5 Å². The van der Waals surface area contributed by atoms with E-state index in [1.807, 2.05) is 0 Å². The zero-order valence-electron chi connectivity index (χ0n) is 17.1. The fraction of sp³-hybridized carbons (Fsp3) is 0.864. The van der Waals surface area contributed by atoms with Crippen molar-refractivity contribution in [3.8, 4) is 11.8 Å². The first-order valence-corrected chi connectivity index (χ1v) is 13.6. The predicted molar refractivity (Wildman–Crippen MR) is 106 cm³/mol. The second-order valence-corrected chi connectivity index (χ2v) is 15.0. The highest BCUT2D eigenvalue weighted by molar-refractivity contribution is 6.69. The van der Waals surface area contributed by atoms with Crippen LogP contribution in [0.4, 0.5) is 0 Å². The van der Waals surface area contributed by atoms with E-state index >= 15 is 0 Å². The Morgan fingerprint density at radius 2 is 1.88 bits per heavy atom. The van der Waals surface area contributed by atoms with Crippen LogP contribution in [0.1, 0.15) is 72.1 Å². The summed E-state index contributed by atoms with van der Waals surface area (Å²) < 4.78 is 6.23. The smallest absolute Gasteiger partial charge is 0.185 e. The number of hydrogen-bond acceptors (Lipinski definition) is 2. The fourth-order valence-electron chi connectivity index (χ4n) is 5.97. The molecule has 0 aromatic heterocycles. The van der Waals surface area contributed by atoms with Gasteiger partial charge in [-0.05, 0) is 88.8 Å². The van der Waals surface area contributed by atoms with E-state index in [0.717, 1.165) is 25.7 Å². The molecule has 0 spiro atoms. The summed E-state index contributed by atoms with van der Waals surface area (Å²) in [6, 6.07) is 0. The molecule has 3 atom stereocenters.